The van der Waals surface area contributed by atoms with E-state index in [2.05, 4.69) is 5.32 Å². The summed E-state index contributed by atoms with van der Waals surface area (Å²) in [6.45, 7) is 7.74. The van der Waals surface area contributed by atoms with Crippen molar-refractivity contribution in [3.8, 4) is 5.75 Å². The number of amides is 1. The molecule has 0 spiro atoms. The Morgan fingerprint density at radius 2 is 1.94 bits per heavy atom. The van der Waals surface area contributed by atoms with Crippen LogP contribution >= 0.6 is 0 Å². The van der Waals surface area contributed by atoms with Crippen LogP contribution in [0.5, 0.6) is 5.75 Å². The lowest BCUT2D eigenvalue weighted by Gasteiger charge is -2.36. The van der Waals surface area contributed by atoms with E-state index >= 15 is 0 Å². The van der Waals surface area contributed by atoms with Crippen LogP contribution in [0.3, 0.4) is 0 Å². The number of piperidine rings is 1. The Hall–Kier alpha value is -3.39. The van der Waals surface area contributed by atoms with Crippen LogP contribution < -0.4 is 15.8 Å². The molecular weight excluding hydrogens is 456 g/mol. The number of hydrogen-bond acceptors (Lipinski definition) is 6. The summed E-state index contributed by atoms with van der Waals surface area (Å²) in [6, 6.07) is 12.0. The first-order valence-corrected chi connectivity index (χ1v) is 12.6. The van der Waals surface area contributed by atoms with Crippen molar-refractivity contribution in [3.63, 3.8) is 0 Å². The summed E-state index contributed by atoms with van der Waals surface area (Å²) in [6.07, 6.45) is 3.01. The number of carbonyl (C=O) groups excluding carboxylic acids is 2. The van der Waals surface area contributed by atoms with E-state index in [1.807, 2.05) is 45.0 Å². The molecule has 192 valence electrons. The molecule has 1 saturated heterocycles. The van der Waals surface area contributed by atoms with Crippen molar-refractivity contribution in [2.75, 3.05) is 19.6 Å². The van der Waals surface area contributed by atoms with Crippen molar-refractivity contribution >= 4 is 17.7 Å². The Morgan fingerprint density at radius 3 is 2.64 bits per heavy atom. The van der Waals surface area contributed by atoms with Gasteiger partial charge in [-0.25, -0.2) is 4.79 Å². The highest BCUT2D eigenvalue weighted by molar-refractivity contribution is 5.99. The van der Waals surface area contributed by atoms with Gasteiger partial charge in [0.05, 0.1) is 0 Å². The number of nitrogens with two attached hydrogens (primary N) is 1. The van der Waals surface area contributed by atoms with E-state index in [4.69, 9.17) is 20.6 Å². The lowest BCUT2D eigenvalue weighted by molar-refractivity contribution is -0.160. The second kappa shape index (κ2) is 10.7. The summed E-state index contributed by atoms with van der Waals surface area (Å²) in [4.78, 5) is 28.5. The molecule has 0 radical (unpaired) electrons. The molecule has 2 aromatic carbocycles. The van der Waals surface area contributed by atoms with E-state index in [1.54, 1.807) is 23.1 Å². The number of ether oxygens (including phenoxy) is 2. The first-order chi connectivity index (χ1) is 17.1. The highest BCUT2D eigenvalue weighted by Crippen LogP contribution is 2.28. The van der Waals surface area contributed by atoms with Gasteiger partial charge in [-0.05, 0) is 88.5 Å². The average molecular weight is 493 g/mol. The van der Waals surface area contributed by atoms with Crippen LogP contribution in [0.1, 0.15) is 60.7 Å². The molecule has 2 aromatic rings. The van der Waals surface area contributed by atoms with E-state index in [0.717, 1.165) is 42.8 Å². The van der Waals surface area contributed by atoms with Gasteiger partial charge in [0.25, 0.3) is 5.91 Å². The number of rotatable bonds is 7. The van der Waals surface area contributed by atoms with Gasteiger partial charge in [0.15, 0.2) is 0 Å². The zero-order valence-electron chi connectivity index (χ0n) is 21.3. The third kappa shape index (κ3) is 6.23. The number of carbonyl (C=O) groups is 2. The van der Waals surface area contributed by atoms with E-state index in [-0.39, 0.29) is 24.3 Å². The lowest BCUT2D eigenvalue weighted by atomic mass is 9.95. The normalized spacial score (nSPS) is 17.3. The molecular formula is C28H36N4O4. The zero-order valence-corrected chi connectivity index (χ0v) is 21.3. The molecule has 8 nitrogen and oxygen atoms in total. The Balaban J connectivity index is 1.57. The molecule has 2 aliphatic heterocycles. The van der Waals surface area contributed by atoms with Crippen molar-refractivity contribution in [2.45, 2.75) is 64.2 Å². The smallest absolute Gasteiger partial charge is 0.329 e. The molecule has 1 amide bonds. The van der Waals surface area contributed by atoms with Gasteiger partial charge in [0, 0.05) is 24.1 Å². The third-order valence-corrected chi connectivity index (χ3v) is 6.50. The number of amidine groups is 1. The molecule has 0 bridgehead atoms. The maximum Gasteiger partial charge on any atom is 0.329 e. The summed E-state index contributed by atoms with van der Waals surface area (Å²) in [5.41, 5.74) is 7.88. The highest BCUT2D eigenvalue weighted by atomic mass is 16.6. The van der Waals surface area contributed by atoms with Gasteiger partial charge in [0.2, 0.25) is 0 Å². The van der Waals surface area contributed by atoms with Crippen LogP contribution in [0, 0.1) is 5.41 Å². The molecule has 4 rings (SSSR count). The molecule has 1 atom stereocenters. The van der Waals surface area contributed by atoms with Crippen molar-refractivity contribution in [3.05, 3.63) is 64.7 Å². The summed E-state index contributed by atoms with van der Waals surface area (Å²) in [5.74, 6) is 0.101. The predicted molar refractivity (Wildman–Crippen MR) is 138 cm³/mol. The quantitative estimate of drug-likeness (QED) is 0.311. The Kier molecular flexibility index (Phi) is 7.64. The fraction of sp³-hybridized carbons (Fsp3) is 0.464. The fourth-order valence-corrected chi connectivity index (χ4v) is 4.74. The largest absolute Gasteiger partial charge is 0.490 e. The monoisotopic (exact) mass is 492 g/mol. The number of nitrogens with one attached hydrogen (secondary N) is 2. The highest BCUT2D eigenvalue weighted by Gasteiger charge is 2.37. The summed E-state index contributed by atoms with van der Waals surface area (Å²) >= 11 is 0. The van der Waals surface area contributed by atoms with Gasteiger partial charge in [-0.15, -0.1) is 0 Å². The Bertz CT molecular complexity index is 1130. The number of hydrogen-bond donors (Lipinski definition) is 3. The Labute approximate surface area is 212 Å². The molecule has 2 heterocycles. The van der Waals surface area contributed by atoms with Crippen LogP contribution in [0.25, 0.3) is 0 Å². The van der Waals surface area contributed by atoms with Crippen molar-refractivity contribution in [2.24, 2.45) is 5.73 Å². The van der Waals surface area contributed by atoms with E-state index in [9.17, 15) is 9.59 Å². The molecule has 4 N–H and O–H groups in total. The fourth-order valence-electron chi connectivity index (χ4n) is 4.74. The molecule has 1 fully saturated rings. The van der Waals surface area contributed by atoms with Crippen molar-refractivity contribution < 1.29 is 19.1 Å². The molecule has 8 heteroatoms. The van der Waals surface area contributed by atoms with Crippen LogP contribution in [-0.4, -0.2) is 60.0 Å². The van der Waals surface area contributed by atoms with Crippen LogP contribution in [-0.2, 0) is 22.4 Å². The van der Waals surface area contributed by atoms with Crippen molar-refractivity contribution in [1.82, 2.24) is 10.2 Å². The number of esters is 1. The third-order valence-electron chi connectivity index (χ3n) is 6.50. The topological polar surface area (TPSA) is 118 Å². The van der Waals surface area contributed by atoms with E-state index in [1.165, 1.54) is 0 Å². The minimum Gasteiger partial charge on any atom is -0.490 e. The summed E-state index contributed by atoms with van der Waals surface area (Å²) < 4.78 is 11.9. The van der Waals surface area contributed by atoms with Crippen molar-refractivity contribution in [1.29, 1.82) is 5.41 Å². The van der Waals surface area contributed by atoms with E-state index in [0.29, 0.717) is 24.1 Å². The zero-order chi connectivity index (χ0) is 25.9. The molecule has 1 unspecified atom stereocenters. The van der Waals surface area contributed by atoms with Gasteiger partial charge < -0.3 is 25.4 Å². The first-order valence-electron chi connectivity index (χ1n) is 12.6. The predicted octanol–water partition coefficient (Wildman–Crippen LogP) is 3.05. The number of nitrogen functional groups attached to an aromatic ring is 1. The average Bonchev–Trinajstić information content (AvgIpc) is 2.83. The van der Waals surface area contributed by atoms with Crippen LogP contribution in [0.4, 0.5) is 0 Å². The Morgan fingerprint density at radius 1 is 1.19 bits per heavy atom. The van der Waals surface area contributed by atoms with Gasteiger partial charge >= 0.3 is 5.97 Å². The minimum absolute atomic E-state index is 0.0452. The second-order valence-electron chi connectivity index (χ2n) is 10.5. The standard InChI is InChI=1S/C28H36N4O4/c1-28(2,3)36-27(34)24(16-18-5-4-6-20(15-18)25(29)30)32-14-11-19-17-22(7-8-23(19)26(32)33)35-21-9-12-31-13-10-21/h4-8,15,17,21,24,31H,9-14,16H2,1-3H3,(H3,29,30). The van der Waals surface area contributed by atoms with Crippen LogP contribution in [0.15, 0.2) is 42.5 Å². The molecule has 36 heavy (non-hydrogen) atoms. The van der Waals surface area contributed by atoms with Gasteiger partial charge in [-0.3, -0.25) is 10.2 Å². The summed E-state index contributed by atoms with van der Waals surface area (Å²) in [7, 11) is 0. The lowest BCUT2D eigenvalue weighted by Crippen LogP contribution is -2.51. The molecule has 0 saturated carbocycles. The second-order valence-corrected chi connectivity index (χ2v) is 10.5. The number of nitrogens with zero attached hydrogens (tertiary/aromatic N) is 1. The summed E-state index contributed by atoms with van der Waals surface area (Å²) in [5, 5.41) is 11.1. The van der Waals surface area contributed by atoms with E-state index < -0.39 is 17.6 Å². The maximum absolute atomic E-state index is 13.6. The molecule has 0 aromatic heterocycles. The number of fused-ring (bicyclic) bond motifs is 1. The molecule has 2 aliphatic rings. The minimum atomic E-state index is -0.794. The van der Waals surface area contributed by atoms with Gasteiger partial charge in [-0.1, -0.05) is 18.2 Å². The van der Waals surface area contributed by atoms with Crippen LogP contribution in [0.2, 0.25) is 0 Å². The maximum atomic E-state index is 13.6. The van der Waals surface area contributed by atoms with Gasteiger partial charge in [-0.2, -0.15) is 0 Å². The SMILES string of the molecule is CC(C)(C)OC(=O)C(Cc1cccc(C(=N)N)c1)N1CCc2cc(OC3CCNCC3)ccc2C1=O. The first kappa shape index (κ1) is 25.7. The van der Waals surface area contributed by atoms with Gasteiger partial charge in [0.1, 0.15) is 29.3 Å². The number of benzene rings is 2. The molecule has 0 aliphatic carbocycles.